The molecule has 104 valence electrons. The molecule has 0 spiro atoms. The molecule has 1 heterocycles. The summed E-state index contributed by atoms with van der Waals surface area (Å²) in [5.41, 5.74) is 13.3. The summed E-state index contributed by atoms with van der Waals surface area (Å²) in [6, 6.07) is 6.47. The highest BCUT2D eigenvalue weighted by atomic mass is 35.5. The van der Waals surface area contributed by atoms with E-state index in [1.807, 2.05) is 0 Å². The maximum atomic E-state index is 11.6. The molecule has 2 rings (SSSR count). The third-order valence-corrected chi connectivity index (χ3v) is 3.29. The first-order valence-corrected chi connectivity index (χ1v) is 6.29. The van der Waals surface area contributed by atoms with Crippen LogP contribution in [0.3, 0.4) is 0 Å². The number of rotatable bonds is 2. The number of esters is 1. The maximum Gasteiger partial charge on any atom is 0.358 e. The Morgan fingerprint density at radius 1 is 1.20 bits per heavy atom. The van der Waals surface area contributed by atoms with Gasteiger partial charge in [0.25, 0.3) is 0 Å². The minimum Gasteiger partial charge on any atom is -0.464 e. The van der Waals surface area contributed by atoms with Crippen molar-refractivity contribution in [3.05, 3.63) is 40.0 Å². The van der Waals surface area contributed by atoms with Gasteiger partial charge in [-0.2, -0.15) is 0 Å². The number of carbonyl (C=O) groups is 1. The largest absolute Gasteiger partial charge is 0.464 e. The lowest BCUT2D eigenvalue weighted by Crippen LogP contribution is -2.08. The summed E-state index contributed by atoms with van der Waals surface area (Å²) >= 11 is 11.8. The van der Waals surface area contributed by atoms with Crippen LogP contribution >= 0.6 is 23.2 Å². The summed E-state index contributed by atoms with van der Waals surface area (Å²) in [5.74, 6) is -0.670. The van der Waals surface area contributed by atoms with E-state index in [0.29, 0.717) is 22.0 Å². The van der Waals surface area contributed by atoms with Gasteiger partial charge in [-0.25, -0.2) is 9.78 Å². The normalized spacial score (nSPS) is 10.3. The van der Waals surface area contributed by atoms with E-state index in [2.05, 4.69) is 9.72 Å². The van der Waals surface area contributed by atoms with Crippen LogP contribution in [0.15, 0.2) is 24.3 Å². The van der Waals surface area contributed by atoms with Crippen molar-refractivity contribution in [1.82, 2.24) is 4.98 Å². The van der Waals surface area contributed by atoms with Crippen LogP contribution in [0.25, 0.3) is 11.3 Å². The molecule has 0 saturated heterocycles. The number of pyridine rings is 1. The minimum atomic E-state index is -0.670. The molecule has 0 bridgehead atoms. The topological polar surface area (TPSA) is 91.2 Å². The summed E-state index contributed by atoms with van der Waals surface area (Å²) in [6.07, 6.45) is 0. The lowest BCUT2D eigenvalue weighted by atomic mass is 10.1. The van der Waals surface area contributed by atoms with E-state index in [4.69, 9.17) is 34.7 Å². The molecular weight excluding hydrogens is 301 g/mol. The smallest absolute Gasteiger partial charge is 0.358 e. The first-order chi connectivity index (χ1) is 9.43. The lowest BCUT2D eigenvalue weighted by Gasteiger charge is -2.10. The third-order valence-electron chi connectivity index (χ3n) is 2.65. The van der Waals surface area contributed by atoms with E-state index >= 15 is 0 Å². The molecule has 4 N–H and O–H groups in total. The van der Waals surface area contributed by atoms with Gasteiger partial charge in [0.1, 0.15) is 0 Å². The van der Waals surface area contributed by atoms with E-state index in [9.17, 15) is 4.79 Å². The molecule has 0 aliphatic rings. The van der Waals surface area contributed by atoms with Gasteiger partial charge in [0.2, 0.25) is 0 Å². The number of anilines is 2. The zero-order valence-electron chi connectivity index (χ0n) is 10.5. The van der Waals surface area contributed by atoms with Gasteiger partial charge in [-0.15, -0.1) is 0 Å². The highest BCUT2D eigenvalue weighted by molar-refractivity contribution is 6.35. The maximum absolute atomic E-state index is 11.6. The van der Waals surface area contributed by atoms with Crippen LogP contribution in [0, 0.1) is 0 Å². The number of aromatic nitrogens is 1. The minimum absolute atomic E-state index is 0.0492. The lowest BCUT2D eigenvalue weighted by molar-refractivity contribution is 0.0594. The molecule has 7 heteroatoms. The van der Waals surface area contributed by atoms with Crippen molar-refractivity contribution in [2.24, 2.45) is 0 Å². The number of nitrogen functional groups attached to an aromatic ring is 2. The SMILES string of the molecule is COC(=O)c1nc(-c2ccc(Cl)cc2N)cc(N)c1Cl. The fraction of sp³-hybridized carbons (Fsp3) is 0.0769. The highest BCUT2D eigenvalue weighted by Crippen LogP contribution is 2.32. The molecule has 0 aliphatic heterocycles. The molecule has 1 aromatic heterocycles. The molecule has 2 aromatic rings. The van der Waals surface area contributed by atoms with Crippen LogP contribution in [0.4, 0.5) is 11.4 Å². The molecule has 0 atom stereocenters. The molecule has 0 saturated carbocycles. The number of methoxy groups -OCH3 is 1. The van der Waals surface area contributed by atoms with E-state index in [1.54, 1.807) is 18.2 Å². The molecule has 0 radical (unpaired) electrons. The van der Waals surface area contributed by atoms with Crippen LogP contribution in [0.1, 0.15) is 10.5 Å². The highest BCUT2D eigenvalue weighted by Gasteiger charge is 2.18. The number of nitrogens with two attached hydrogens (primary N) is 2. The molecule has 20 heavy (non-hydrogen) atoms. The van der Waals surface area contributed by atoms with Crippen molar-refractivity contribution in [2.45, 2.75) is 0 Å². The average Bonchev–Trinajstić information content (AvgIpc) is 2.41. The average molecular weight is 312 g/mol. The Balaban J connectivity index is 2.63. The van der Waals surface area contributed by atoms with Gasteiger partial charge in [0, 0.05) is 16.3 Å². The number of hydrogen-bond acceptors (Lipinski definition) is 5. The van der Waals surface area contributed by atoms with E-state index in [-0.39, 0.29) is 16.4 Å². The van der Waals surface area contributed by atoms with Crippen molar-refractivity contribution >= 4 is 40.5 Å². The standard InChI is InChI=1S/C13H11Cl2N3O2/c1-20-13(19)12-11(15)9(17)5-10(18-12)7-3-2-6(14)4-8(7)16/h2-5H,16H2,1H3,(H2,17,18). The Bertz CT molecular complexity index is 690. The predicted octanol–water partition coefficient (Wildman–Crippen LogP) is 3.01. The summed E-state index contributed by atoms with van der Waals surface area (Å²) in [4.78, 5) is 15.8. The van der Waals surface area contributed by atoms with Crippen LogP contribution in [-0.2, 0) is 4.74 Å². The number of halogens is 2. The third kappa shape index (κ3) is 2.64. The fourth-order valence-corrected chi connectivity index (χ4v) is 2.04. The van der Waals surface area contributed by atoms with Crippen molar-refractivity contribution in [3.63, 3.8) is 0 Å². The van der Waals surface area contributed by atoms with E-state index in [1.165, 1.54) is 13.2 Å². The Kier molecular flexibility index (Phi) is 4.01. The van der Waals surface area contributed by atoms with E-state index < -0.39 is 5.97 Å². The molecular formula is C13H11Cl2N3O2. The molecule has 5 nitrogen and oxygen atoms in total. The van der Waals surface area contributed by atoms with Crippen molar-refractivity contribution in [1.29, 1.82) is 0 Å². The molecule has 1 aromatic carbocycles. The number of ether oxygens (including phenoxy) is 1. The van der Waals surface area contributed by atoms with Gasteiger partial charge in [-0.05, 0) is 24.3 Å². The second-order valence-corrected chi connectivity index (χ2v) is 4.80. The number of benzene rings is 1. The fourth-order valence-electron chi connectivity index (χ4n) is 1.69. The van der Waals surface area contributed by atoms with Crippen molar-refractivity contribution in [3.8, 4) is 11.3 Å². The Labute approximate surface area is 125 Å². The van der Waals surface area contributed by atoms with Gasteiger partial charge in [-0.1, -0.05) is 23.2 Å². The van der Waals surface area contributed by atoms with Crippen LogP contribution in [0.5, 0.6) is 0 Å². The van der Waals surface area contributed by atoms with Gasteiger partial charge in [-0.3, -0.25) is 0 Å². The first kappa shape index (κ1) is 14.4. The van der Waals surface area contributed by atoms with Gasteiger partial charge in [0.05, 0.1) is 23.5 Å². The second kappa shape index (κ2) is 5.56. The predicted molar refractivity (Wildman–Crippen MR) is 79.9 cm³/mol. The zero-order valence-corrected chi connectivity index (χ0v) is 12.0. The number of hydrogen-bond donors (Lipinski definition) is 2. The summed E-state index contributed by atoms with van der Waals surface area (Å²) in [6.45, 7) is 0. The van der Waals surface area contributed by atoms with Crippen LogP contribution in [0.2, 0.25) is 10.0 Å². The van der Waals surface area contributed by atoms with Crippen LogP contribution < -0.4 is 11.5 Å². The summed E-state index contributed by atoms with van der Waals surface area (Å²) < 4.78 is 4.62. The van der Waals surface area contributed by atoms with Crippen molar-refractivity contribution < 1.29 is 9.53 Å². The van der Waals surface area contributed by atoms with Crippen LogP contribution in [-0.4, -0.2) is 18.1 Å². The summed E-state index contributed by atoms with van der Waals surface area (Å²) in [7, 11) is 1.24. The van der Waals surface area contributed by atoms with Gasteiger partial charge < -0.3 is 16.2 Å². The molecule has 0 aliphatic carbocycles. The molecule has 0 fully saturated rings. The monoisotopic (exact) mass is 311 g/mol. The van der Waals surface area contributed by atoms with Gasteiger partial charge in [0.15, 0.2) is 5.69 Å². The number of nitrogens with zero attached hydrogens (tertiary/aromatic N) is 1. The van der Waals surface area contributed by atoms with Gasteiger partial charge >= 0.3 is 5.97 Å². The quantitative estimate of drug-likeness (QED) is 0.657. The Morgan fingerprint density at radius 3 is 2.50 bits per heavy atom. The molecule has 0 unspecified atom stereocenters. The van der Waals surface area contributed by atoms with E-state index in [0.717, 1.165) is 0 Å². The first-order valence-electron chi connectivity index (χ1n) is 5.53. The second-order valence-electron chi connectivity index (χ2n) is 3.98. The Hall–Kier alpha value is -1.98. The molecule has 0 amide bonds. The number of carbonyl (C=O) groups excluding carboxylic acids is 1. The Morgan fingerprint density at radius 2 is 1.90 bits per heavy atom. The zero-order chi connectivity index (χ0) is 14.9. The summed E-state index contributed by atoms with van der Waals surface area (Å²) in [5, 5.41) is 0.550. The van der Waals surface area contributed by atoms with Crippen molar-refractivity contribution in [2.75, 3.05) is 18.6 Å².